The lowest BCUT2D eigenvalue weighted by atomic mass is 9.93. The molecule has 0 aliphatic carbocycles. The van der Waals surface area contributed by atoms with E-state index >= 15 is 0 Å². The van der Waals surface area contributed by atoms with Crippen LogP contribution in [0.1, 0.15) is 18.9 Å². The van der Waals surface area contributed by atoms with E-state index in [0.717, 1.165) is 4.90 Å². The van der Waals surface area contributed by atoms with Crippen molar-refractivity contribution >= 4 is 11.9 Å². The molecule has 1 atom stereocenters. The van der Waals surface area contributed by atoms with Crippen LogP contribution in [0.15, 0.2) is 24.5 Å². The molecule has 18 heavy (non-hydrogen) atoms. The van der Waals surface area contributed by atoms with E-state index in [9.17, 15) is 9.59 Å². The summed E-state index contributed by atoms with van der Waals surface area (Å²) >= 11 is 0. The van der Waals surface area contributed by atoms with Gasteiger partial charge in [0.05, 0.1) is 12.5 Å². The van der Waals surface area contributed by atoms with Crippen molar-refractivity contribution in [2.45, 2.75) is 18.9 Å². The molecule has 92 valence electrons. The van der Waals surface area contributed by atoms with Crippen LogP contribution < -0.4 is 5.32 Å². The van der Waals surface area contributed by atoms with E-state index in [2.05, 4.69) is 10.3 Å². The highest BCUT2D eigenvalue weighted by molar-refractivity contribution is 6.07. The van der Waals surface area contributed by atoms with Crippen molar-refractivity contribution in [2.75, 3.05) is 6.54 Å². The van der Waals surface area contributed by atoms with Crippen LogP contribution in [-0.4, -0.2) is 28.4 Å². The van der Waals surface area contributed by atoms with Crippen LogP contribution in [0.3, 0.4) is 0 Å². The maximum absolute atomic E-state index is 12.2. The number of rotatable bonds is 3. The first-order valence-electron chi connectivity index (χ1n) is 5.51. The summed E-state index contributed by atoms with van der Waals surface area (Å²) in [5.41, 5.74) is -0.469. The molecule has 0 radical (unpaired) electrons. The third-order valence-corrected chi connectivity index (χ3v) is 2.96. The lowest BCUT2D eigenvalue weighted by Gasteiger charge is -2.21. The summed E-state index contributed by atoms with van der Waals surface area (Å²) in [5, 5.41) is 11.2. The Hall–Kier alpha value is -2.42. The Morgan fingerprint density at radius 1 is 1.56 bits per heavy atom. The van der Waals surface area contributed by atoms with Crippen molar-refractivity contribution in [1.29, 1.82) is 5.26 Å². The minimum Gasteiger partial charge on any atom is -0.319 e. The summed E-state index contributed by atoms with van der Waals surface area (Å²) < 4.78 is 0. The fourth-order valence-electron chi connectivity index (χ4n) is 1.92. The van der Waals surface area contributed by atoms with Crippen molar-refractivity contribution < 1.29 is 9.59 Å². The molecule has 1 saturated heterocycles. The molecule has 1 aliphatic heterocycles. The summed E-state index contributed by atoms with van der Waals surface area (Å²) in [7, 11) is 0. The Balaban J connectivity index is 2.30. The van der Waals surface area contributed by atoms with Gasteiger partial charge >= 0.3 is 6.03 Å². The summed E-state index contributed by atoms with van der Waals surface area (Å²) in [5.74, 6) is -0.351. The number of nitrogens with zero attached hydrogens (tertiary/aromatic N) is 3. The van der Waals surface area contributed by atoms with Crippen LogP contribution >= 0.6 is 0 Å². The maximum atomic E-state index is 12.2. The third-order valence-electron chi connectivity index (χ3n) is 2.96. The number of urea groups is 1. The molecule has 1 aromatic heterocycles. The average molecular weight is 244 g/mol. The van der Waals surface area contributed by atoms with Gasteiger partial charge in [0.15, 0.2) is 0 Å². The van der Waals surface area contributed by atoms with E-state index in [1.54, 1.807) is 31.5 Å². The van der Waals surface area contributed by atoms with Crippen LogP contribution in [0.2, 0.25) is 0 Å². The van der Waals surface area contributed by atoms with Crippen LogP contribution in [-0.2, 0) is 10.3 Å². The molecule has 0 spiro atoms. The normalized spacial score (nSPS) is 22.8. The molecule has 2 heterocycles. The second kappa shape index (κ2) is 4.45. The van der Waals surface area contributed by atoms with Crippen LogP contribution in [0, 0.1) is 11.3 Å². The van der Waals surface area contributed by atoms with Gasteiger partial charge in [-0.3, -0.25) is 14.7 Å². The SMILES string of the molecule is CC1(c2cccnc2)NC(=O)N(CCC#N)C1=O. The first kappa shape index (κ1) is 12.0. The molecular formula is C12H12N4O2. The van der Waals surface area contributed by atoms with Crippen LogP contribution in [0.5, 0.6) is 0 Å². The average Bonchev–Trinajstić information content (AvgIpc) is 2.60. The van der Waals surface area contributed by atoms with Crippen LogP contribution in [0.4, 0.5) is 4.79 Å². The summed E-state index contributed by atoms with van der Waals surface area (Å²) in [6, 6.07) is 4.89. The first-order valence-corrected chi connectivity index (χ1v) is 5.51. The van der Waals surface area contributed by atoms with Crippen molar-refractivity contribution in [1.82, 2.24) is 15.2 Å². The standard InChI is InChI=1S/C12H12N4O2/c1-12(9-4-2-6-14-8-9)10(17)16(7-3-5-13)11(18)15-12/h2,4,6,8H,3,7H2,1H3,(H,15,18). The number of amides is 3. The number of aromatic nitrogens is 1. The molecule has 1 unspecified atom stereocenters. The number of carbonyl (C=O) groups is 2. The van der Waals surface area contributed by atoms with Gasteiger partial charge in [-0.15, -0.1) is 0 Å². The van der Waals surface area contributed by atoms with Gasteiger partial charge in [-0.05, 0) is 13.0 Å². The van der Waals surface area contributed by atoms with E-state index in [4.69, 9.17) is 5.26 Å². The van der Waals surface area contributed by atoms with Gasteiger partial charge in [0.2, 0.25) is 0 Å². The molecule has 6 heteroatoms. The van der Waals surface area contributed by atoms with Gasteiger partial charge in [-0.25, -0.2) is 4.79 Å². The molecule has 3 amide bonds. The van der Waals surface area contributed by atoms with Crippen molar-refractivity contribution in [3.63, 3.8) is 0 Å². The number of nitrogens with one attached hydrogen (secondary N) is 1. The Bertz CT molecular complexity index is 523. The number of hydrogen-bond acceptors (Lipinski definition) is 4. The third kappa shape index (κ3) is 1.80. The summed E-state index contributed by atoms with van der Waals surface area (Å²) in [4.78, 5) is 29.0. The van der Waals surface area contributed by atoms with E-state index in [1.165, 1.54) is 0 Å². The second-order valence-electron chi connectivity index (χ2n) is 4.16. The Labute approximate surface area is 104 Å². The molecular weight excluding hydrogens is 232 g/mol. The number of hydrogen-bond donors (Lipinski definition) is 1. The van der Waals surface area contributed by atoms with E-state index in [1.807, 2.05) is 6.07 Å². The van der Waals surface area contributed by atoms with Gasteiger partial charge in [-0.1, -0.05) is 6.07 Å². The van der Waals surface area contributed by atoms with Crippen molar-refractivity contribution in [3.05, 3.63) is 30.1 Å². The minimum atomic E-state index is -1.10. The number of nitriles is 1. The molecule has 2 rings (SSSR count). The summed E-state index contributed by atoms with van der Waals surface area (Å²) in [6.07, 6.45) is 3.27. The highest BCUT2D eigenvalue weighted by Crippen LogP contribution is 2.27. The number of pyridine rings is 1. The molecule has 0 bridgehead atoms. The fraction of sp³-hybridized carbons (Fsp3) is 0.333. The van der Waals surface area contributed by atoms with Crippen LogP contribution in [0.25, 0.3) is 0 Å². The first-order chi connectivity index (χ1) is 8.59. The molecule has 0 aromatic carbocycles. The summed E-state index contributed by atoms with van der Waals surface area (Å²) in [6.45, 7) is 1.74. The maximum Gasteiger partial charge on any atom is 0.325 e. The van der Waals surface area contributed by atoms with Gasteiger partial charge < -0.3 is 5.32 Å². The zero-order valence-corrected chi connectivity index (χ0v) is 9.88. The zero-order valence-electron chi connectivity index (χ0n) is 9.88. The van der Waals surface area contributed by atoms with Gasteiger partial charge in [-0.2, -0.15) is 5.26 Å². The van der Waals surface area contributed by atoms with Crippen molar-refractivity contribution in [2.24, 2.45) is 0 Å². The highest BCUT2D eigenvalue weighted by atomic mass is 16.2. The lowest BCUT2D eigenvalue weighted by molar-refractivity contribution is -0.131. The Morgan fingerprint density at radius 2 is 2.33 bits per heavy atom. The Morgan fingerprint density at radius 3 is 2.94 bits per heavy atom. The number of imide groups is 1. The van der Waals surface area contributed by atoms with E-state index in [0.29, 0.717) is 5.56 Å². The van der Waals surface area contributed by atoms with E-state index in [-0.39, 0.29) is 18.9 Å². The molecule has 1 aliphatic rings. The quantitative estimate of drug-likeness (QED) is 0.795. The molecule has 6 nitrogen and oxygen atoms in total. The molecule has 0 saturated carbocycles. The molecule has 1 fully saturated rings. The topological polar surface area (TPSA) is 86.1 Å². The minimum absolute atomic E-state index is 0.108. The second-order valence-corrected chi connectivity index (χ2v) is 4.16. The predicted octanol–water partition coefficient (Wildman–Crippen LogP) is 0.762. The zero-order chi connectivity index (χ0) is 13.2. The molecule has 1 aromatic rings. The monoisotopic (exact) mass is 244 g/mol. The van der Waals surface area contributed by atoms with Gasteiger partial charge in [0.25, 0.3) is 5.91 Å². The van der Waals surface area contributed by atoms with Gasteiger partial charge in [0.1, 0.15) is 5.54 Å². The fourth-order valence-corrected chi connectivity index (χ4v) is 1.92. The Kier molecular flexibility index (Phi) is 2.98. The highest BCUT2D eigenvalue weighted by Gasteiger charge is 2.48. The van der Waals surface area contributed by atoms with Crippen molar-refractivity contribution in [3.8, 4) is 6.07 Å². The van der Waals surface area contributed by atoms with Gasteiger partial charge in [0, 0.05) is 24.5 Å². The smallest absolute Gasteiger partial charge is 0.319 e. The molecule has 1 N–H and O–H groups in total. The largest absolute Gasteiger partial charge is 0.325 e. The lowest BCUT2D eigenvalue weighted by Crippen LogP contribution is -2.41. The predicted molar refractivity (Wildman–Crippen MR) is 62.1 cm³/mol. The van der Waals surface area contributed by atoms with E-state index < -0.39 is 11.6 Å². The number of carbonyl (C=O) groups excluding carboxylic acids is 2.